The number of piperazine rings is 1. The van der Waals surface area contributed by atoms with Gasteiger partial charge in [0.05, 0.1) is 6.54 Å². The summed E-state index contributed by atoms with van der Waals surface area (Å²) in [5.41, 5.74) is 4.70. The number of nitrogens with zero attached hydrogens (tertiary/aromatic N) is 6. The van der Waals surface area contributed by atoms with Crippen LogP contribution >= 0.6 is 0 Å². The summed E-state index contributed by atoms with van der Waals surface area (Å²) in [7, 11) is 0. The van der Waals surface area contributed by atoms with Crippen LogP contribution in [0.15, 0.2) is 42.5 Å². The number of aryl methyl sites for hydroxylation is 1. The average Bonchev–Trinajstić information content (AvgIpc) is 3.57. The van der Waals surface area contributed by atoms with Crippen molar-refractivity contribution in [2.24, 2.45) is 0 Å². The number of fused-ring (bicyclic) bond motifs is 2. The van der Waals surface area contributed by atoms with Crippen molar-refractivity contribution in [1.29, 1.82) is 0 Å². The van der Waals surface area contributed by atoms with Crippen LogP contribution in [0, 0.1) is 12.1 Å². The molecule has 0 N–H and O–H groups in total. The molecule has 3 heterocycles. The van der Waals surface area contributed by atoms with Crippen LogP contribution in [0.4, 0.5) is 11.4 Å². The maximum Gasteiger partial charge on any atom is 0.220 e. The molecule has 0 spiro atoms. The molecule has 37 heavy (non-hydrogen) atoms. The first-order valence-electron chi connectivity index (χ1n) is 13.2. The topological polar surface area (TPSA) is 88.6 Å². The zero-order valence-electron chi connectivity index (χ0n) is 21.2. The summed E-state index contributed by atoms with van der Waals surface area (Å²) in [5, 5.41) is 16.4. The standard InChI is InChI=1S/C28H32N6O3/c1-20-9-10-21(19-24(20)32-12-4-5-13-32)31-17-15-30(16-18-31)11-6-14-33-26-25(29-34(33)37)27(35)22-7-2-3-8-23(22)28(26)36/h2-3,7-10,19H,4-6,11-18H2,1H3. The number of carbonyl (C=O) groups excluding carboxylic acids is 2. The van der Waals surface area contributed by atoms with E-state index >= 15 is 0 Å². The molecule has 2 saturated heterocycles. The Morgan fingerprint density at radius 2 is 1.57 bits per heavy atom. The molecule has 2 fully saturated rings. The number of carbonyl (C=O) groups is 2. The summed E-state index contributed by atoms with van der Waals surface area (Å²) in [5.74, 6) is -0.680. The van der Waals surface area contributed by atoms with Gasteiger partial charge in [-0.1, -0.05) is 30.3 Å². The van der Waals surface area contributed by atoms with Gasteiger partial charge in [0.25, 0.3) is 0 Å². The van der Waals surface area contributed by atoms with E-state index in [1.807, 2.05) is 0 Å². The smallest absolute Gasteiger partial charge is 0.220 e. The molecular weight excluding hydrogens is 468 g/mol. The van der Waals surface area contributed by atoms with Crippen molar-refractivity contribution in [3.05, 3.63) is 75.8 Å². The lowest BCUT2D eigenvalue weighted by atomic mass is 9.90. The number of anilines is 2. The summed E-state index contributed by atoms with van der Waals surface area (Å²) in [6.07, 6.45) is 3.24. The first-order chi connectivity index (χ1) is 18.0. The molecule has 0 radical (unpaired) electrons. The van der Waals surface area contributed by atoms with E-state index in [9.17, 15) is 14.8 Å². The van der Waals surface area contributed by atoms with Crippen molar-refractivity contribution < 1.29 is 14.5 Å². The zero-order chi connectivity index (χ0) is 25.5. The van der Waals surface area contributed by atoms with E-state index in [2.05, 4.69) is 44.9 Å². The van der Waals surface area contributed by atoms with Gasteiger partial charge >= 0.3 is 0 Å². The highest BCUT2D eigenvalue weighted by Gasteiger charge is 2.39. The molecule has 2 aromatic carbocycles. The summed E-state index contributed by atoms with van der Waals surface area (Å²) >= 11 is 0. The van der Waals surface area contributed by atoms with Crippen molar-refractivity contribution in [2.75, 3.05) is 55.6 Å². The van der Waals surface area contributed by atoms with Gasteiger partial charge in [0.2, 0.25) is 17.3 Å². The molecule has 2 aliphatic heterocycles. The molecule has 0 saturated carbocycles. The van der Waals surface area contributed by atoms with Gasteiger partial charge < -0.3 is 15.0 Å². The molecular formula is C28H32N6O3. The number of hydrogen-bond donors (Lipinski definition) is 0. The molecule has 3 aliphatic rings. The Hall–Kier alpha value is -3.72. The summed E-state index contributed by atoms with van der Waals surface area (Å²) in [6, 6.07) is 13.5. The third-order valence-corrected chi connectivity index (χ3v) is 7.94. The summed E-state index contributed by atoms with van der Waals surface area (Å²) in [4.78, 5) is 33.6. The molecule has 1 aliphatic carbocycles. The molecule has 3 aromatic rings. The maximum atomic E-state index is 13.1. The van der Waals surface area contributed by atoms with E-state index in [0.29, 0.717) is 29.1 Å². The van der Waals surface area contributed by atoms with Gasteiger partial charge in [-0.3, -0.25) is 14.5 Å². The Balaban J connectivity index is 1.07. The quantitative estimate of drug-likeness (QED) is 0.297. The van der Waals surface area contributed by atoms with Gasteiger partial charge in [-0.25, -0.2) is 0 Å². The second-order valence-electron chi connectivity index (χ2n) is 10.2. The Labute approximate surface area is 216 Å². The first-order valence-corrected chi connectivity index (χ1v) is 13.2. The maximum absolute atomic E-state index is 13.1. The fraction of sp³-hybridized carbons (Fsp3) is 0.429. The fourth-order valence-corrected chi connectivity index (χ4v) is 5.87. The minimum absolute atomic E-state index is 0.0429. The van der Waals surface area contributed by atoms with E-state index in [-0.39, 0.29) is 23.0 Å². The van der Waals surface area contributed by atoms with E-state index in [1.165, 1.54) is 34.5 Å². The molecule has 0 unspecified atom stereocenters. The van der Waals surface area contributed by atoms with Gasteiger partial charge in [-0.15, -0.1) is 4.68 Å². The van der Waals surface area contributed by atoms with Crippen LogP contribution in [0.5, 0.6) is 0 Å². The largest absolute Gasteiger partial charge is 0.571 e. The number of ketones is 2. The van der Waals surface area contributed by atoms with Crippen LogP contribution in [0.1, 0.15) is 56.9 Å². The van der Waals surface area contributed by atoms with Crippen LogP contribution in [-0.4, -0.2) is 72.1 Å². The predicted molar refractivity (Wildman–Crippen MR) is 140 cm³/mol. The lowest BCUT2D eigenvalue weighted by Crippen LogP contribution is -2.47. The molecule has 9 nitrogen and oxygen atoms in total. The highest BCUT2D eigenvalue weighted by atomic mass is 16.5. The minimum atomic E-state index is -0.367. The number of aromatic nitrogens is 3. The van der Waals surface area contributed by atoms with Crippen LogP contribution < -0.4 is 14.8 Å². The zero-order valence-corrected chi connectivity index (χ0v) is 21.2. The molecule has 1 aromatic heterocycles. The van der Waals surface area contributed by atoms with Crippen molar-refractivity contribution in [3.63, 3.8) is 0 Å². The van der Waals surface area contributed by atoms with Gasteiger partial charge in [-0.2, -0.15) is 0 Å². The first kappa shape index (κ1) is 23.7. The predicted octanol–water partition coefficient (Wildman–Crippen LogP) is 2.41. The third kappa shape index (κ3) is 4.27. The van der Waals surface area contributed by atoms with Gasteiger partial charge in [0, 0.05) is 78.4 Å². The SMILES string of the molecule is Cc1ccc(N2CCN(CCCn3c4c(n[n+]3[O-])C(=O)c3ccccc3C4=O)CC2)cc1N1CCCC1. The number of hydrogen-bond acceptors (Lipinski definition) is 7. The van der Waals surface area contributed by atoms with Crippen molar-refractivity contribution in [2.45, 2.75) is 32.7 Å². The fourth-order valence-electron chi connectivity index (χ4n) is 5.87. The van der Waals surface area contributed by atoms with E-state index in [0.717, 1.165) is 45.8 Å². The van der Waals surface area contributed by atoms with Gasteiger partial charge in [-0.05, 0) is 43.9 Å². The van der Waals surface area contributed by atoms with Gasteiger partial charge in [0.1, 0.15) is 0 Å². The van der Waals surface area contributed by atoms with Crippen LogP contribution in [-0.2, 0) is 6.54 Å². The van der Waals surface area contributed by atoms with Crippen LogP contribution in [0.3, 0.4) is 0 Å². The lowest BCUT2D eigenvalue weighted by molar-refractivity contribution is -0.749. The number of benzene rings is 2. The molecule has 192 valence electrons. The Kier molecular flexibility index (Phi) is 6.16. The highest BCUT2D eigenvalue weighted by Crippen LogP contribution is 2.30. The van der Waals surface area contributed by atoms with Crippen LogP contribution in [0.25, 0.3) is 0 Å². The second kappa shape index (κ2) is 9.63. The van der Waals surface area contributed by atoms with Crippen molar-refractivity contribution >= 4 is 22.9 Å². The van der Waals surface area contributed by atoms with Crippen molar-refractivity contribution in [3.8, 4) is 0 Å². The molecule has 6 rings (SSSR count). The minimum Gasteiger partial charge on any atom is -0.571 e. The molecule has 0 atom stereocenters. The average molecular weight is 501 g/mol. The Bertz CT molecular complexity index is 1350. The molecule has 0 amide bonds. The second-order valence-corrected chi connectivity index (χ2v) is 10.2. The number of rotatable bonds is 6. The normalized spacial score (nSPS) is 17.9. The van der Waals surface area contributed by atoms with Gasteiger partial charge in [0.15, 0.2) is 5.69 Å². The summed E-state index contributed by atoms with van der Waals surface area (Å²) < 4.78 is 1.31. The van der Waals surface area contributed by atoms with Crippen LogP contribution in [0.2, 0.25) is 0 Å². The monoisotopic (exact) mass is 500 g/mol. The molecule has 0 bridgehead atoms. The van der Waals surface area contributed by atoms with Crippen molar-refractivity contribution in [1.82, 2.24) is 14.7 Å². The summed E-state index contributed by atoms with van der Waals surface area (Å²) in [6.45, 7) is 9.43. The third-order valence-electron chi connectivity index (χ3n) is 7.94. The van der Waals surface area contributed by atoms with E-state index in [1.54, 1.807) is 24.3 Å². The van der Waals surface area contributed by atoms with E-state index in [4.69, 9.17) is 0 Å². The Morgan fingerprint density at radius 1 is 0.865 bits per heavy atom. The highest BCUT2D eigenvalue weighted by molar-refractivity contribution is 6.26. The molecule has 9 heteroatoms. The lowest BCUT2D eigenvalue weighted by Gasteiger charge is -2.36. The Morgan fingerprint density at radius 3 is 2.30 bits per heavy atom. The van der Waals surface area contributed by atoms with E-state index < -0.39 is 0 Å².